The van der Waals surface area contributed by atoms with Gasteiger partial charge >= 0.3 is 0 Å². The van der Waals surface area contributed by atoms with Crippen LogP contribution in [0.1, 0.15) is 39.4 Å². The number of anilines is 1. The molecule has 1 unspecified atom stereocenters. The molecule has 0 saturated carbocycles. The Balaban J connectivity index is 2.84. The molecule has 0 aliphatic carbocycles. The normalized spacial score (nSPS) is 14.2. The van der Waals surface area contributed by atoms with Crippen molar-refractivity contribution in [3.8, 4) is 0 Å². The number of nitrogens with one attached hydrogen (secondary N) is 1. The Kier molecular flexibility index (Phi) is 6.48. The van der Waals surface area contributed by atoms with Gasteiger partial charge in [-0.2, -0.15) is 0 Å². The minimum absolute atomic E-state index is 0.127. The summed E-state index contributed by atoms with van der Waals surface area (Å²) < 4.78 is 5.28. The van der Waals surface area contributed by atoms with Gasteiger partial charge in [0, 0.05) is 24.8 Å². The molecule has 5 nitrogen and oxygen atoms in total. The Morgan fingerprint density at radius 3 is 2.74 bits per heavy atom. The average molecular weight is 288 g/mol. The van der Waals surface area contributed by atoms with Gasteiger partial charge < -0.3 is 15.2 Å². The average Bonchev–Trinajstić information content (AvgIpc) is 2.36. The lowest BCUT2D eigenvalue weighted by atomic mass is 9.95. The van der Waals surface area contributed by atoms with E-state index in [9.17, 15) is 0 Å². The lowest BCUT2D eigenvalue weighted by Gasteiger charge is -2.29. The molecular formula is C13H22ClN3O2. The van der Waals surface area contributed by atoms with Gasteiger partial charge in [0.25, 0.3) is 0 Å². The highest BCUT2D eigenvalue weighted by Crippen LogP contribution is 2.22. The number of halogens is 1. The topological polar surface area (TPSA) is 67.3 Å². The van der Waals surface area contributed by atoms with Crippen LogP contribution in [0.2, 0.25) is 5.15 Å². The summed E-state index contributed by atoms with van der Waals surface area (Å²) in [6.07, 6.45) is 1.52. The third kappa shape index (κ3) is 5.30. The Hall–Kier alpha value is -0.910. The number of aromatic nitrogens is 2. The van der Waals surface area contributed by atoms with Gasteiger partial charge in [-0.25, -0.2) is 9.97 Å². The third-order valence-corrected chi connectivity index (χ3v) is 3.24. The summed E-state index contributed by atoms with van der Waals surface area (Å²) >= 11 is 5.98. The molecule has 0 aromatic carbocycles. The second-order valence-corrected chi connectivity index (χ2v) is 5.03. The second-order valence-electron chi connectivity index (χ2n) is 4.64. The Morgan fingerprint density at radius 1 is 1.42 bits per heavy atom. The zero-order valence-corrected chi connectivity index (χ0v) is 12.5. The minimum atomic E-state index is -0.213. The largest absolute Gasteiger partial charge is 0.396 e. The molecule has 1 heterocycles. The van der Waals surface area contributed by atoms with Crippen LogP contribution in [-0.4, -0.2) is 33.8 Å². The summed E-state index contributed by atoms with van der Waals surface area (Å²) in [6.45, 7) is 7.10. The maximum absolute atomic E-state index is 9.12. The molecule has 0 saturated heterocycles. The number of hydrogen-bond acceptors (Lipinski definition) is 5. The molecule has 0 fully saturated rings. The molecule has 1 aromatic heterocycles. The molecule has 1 aromatic rings. The van der Waals surface area contributed by atoms with Crippen LogP contribution >= 0.6 is 11.6 Å². The van der Waals surface area contributed by atoms with Gasteiger partial charge in [0.2, 0.25) is 0 Å². The first-order valence-corrected chi connectivity index (χ1v) is 6.91. The van der Waals surface area contributed by atoms with Gasteiger partial charge in [-0.3, -0.25) is 0 Å². The van der Waals surface area contributed by atoms with E-state index in [2.05, 4.69) is 22.2 Å². The molecule has 19 heavy (non-hydrogen) atoms. The molecule has 0 bridgehead atoms. The molecule has 0 aliphatic heterocycles. The molecule has 0 spiro atoms. The number of hydrogen-bond donors (Lipinski definition) is 2. The highest BCUT2D eigenvalue weighted by Gasteiger charge is 2.22. The van der Waals surface area contributed by atoms with Crippen molar-refractivity contribution in [3.05, 3.63) is 17.0 Å². The SMILES string of the molecule is CCOCc1nc(Cl)cc(NC(C)(CC)CCO)n1. The van der Waals surface area contributed by atoms with Gasteiger partial charge in [0.15, 0.2) is 5.82 Å². The van der Waals surface area contributed by atoms with Crippen LogP contribution in [0.5, 0.6) is 0 Å². The molecule has 1 atom stereocenters. The lowest BCUT2D eigenvalue weighted by Crippen LogP contribution is -2.35. The third-order valence-electron chi connectivity index (χ3n) is 3.05. The first kappa shape index (κ1) is 16.1. The van der Waals surface area contributed by atoms with E-state index in [1.165, 1.54) is 0 Å². The molecule has 0 amide bonds. The summed E-state index contributed by atoms with van der Waals surface area (Å²) in [5, 5.41) is 12.8. The summed E-state index contributed by atoms with van der Waals surface area (Å²) in [7, 11) is 0. The van der Waals surface area contributed by atoms with Crippen LogP contribution in [0.4, 0.5) is 5.82 Å². The summed E-state index contributed by atoms with van der Waals surface area (Å²) in [6, 6.07) is 1.68. The van der Waals surface area contributed by atoms with Crippen LogP contribution in [0.25, 0.3) is 0 Å². The number of ether oxygens (including phenoxy) is 1. The summed E-state index contributed by atoms with van der Waals surface area (Å²) in [5.41, 5.74) is -0.213. The molecule has 6 heteroatoms. The Labute approximate surface area is 119 Å². The fourth-order valence-electron chi connectivity index (χ4n) is 1.67. The van der Waals surface area contributed by atoms with Crippen molar-refractivity contribution in [2.45, 2.75) is 45.8 Å². The van der Waals surface area contributed by atoms with Crippen LogP contribution in [-0.2, 0) is 11.3 Å². The zero-order valence-electron chi connectivity index (χ0n) is 11.7. The molecule has 108 valence electrons. The van der Waals surface area contributed by atoms with Gasteiger partial charge in [-0.1, -0.05) is 18.5 Å². The highest BCUT2D eigenvalue weighted by molar-refractivity contribution is 6.29. The van der Waals surface area contributed by atoms with Gasteiger partial charge in [0.05, 0.1) is 0 Å². The van der Waals surface area contributed by atoms with Crippen molar-refractivity contribution in [1.82, 2.24) is 9.97 Å². The monoisotopic (exact) mass is 287 g/mol. The van der Waals surface area contributed by atoms with E-state index < -0.39 is 0 Å². The predicted octanol–water partition coefficient (Wildman–Crippen LogP) is 2.63. The van der Waals surface area contributed by atoms with Crippen molar-refractivity contribution in [3.63, 3.8) is 0 Å². The molecule has 1 rings (SSSR count). The zero-order chi connectivity index (χ0) is 14.3. The molecular weight excluding hydrogens is 266 g/mol. The maximum Gasteiger partial charge on any atom is 0.158 e. The summed E-state index contributed by atoms with van der Waals surface area (Å²) in [5.74, 6) is 1.21. The maximum atomic E-state index is 9.12. The van der Waals surface area contributed by atoms with Crippen LogP contribution in [0, 0.1) is 0 Å². The van der Waals surface area contributed by atoms with Crippen LogP contribution < -0.4 is 5.32 Å². The van der Waals surface area contributed by atoms with Crippen LogP contribution in [0.3, 0.4) is 0 Å². The lowest BCUT2D eigenvalue weighted by molar-refractivity contribution is 0.128. The van der Waals surface area contributed by atoms with Crippen molar-refractivity contribution in [2.24, 2.45) is 0 Å². The van der Waals surface area contributed by atoms with E-state index in [-0.39, 0.29) is 12.1 Å². The first-order chi connectivity index (χ1) is 9.03. The molecule has 0 radical (unpaired) electrons. The fourth-order valence-corrected chi connectivity index (χ4v) is 1.87. The first-order valence-electron chi connectivity index (χ1n) is 6.53. The second kappa shape index (κ2) is 7.62. The van der Waals surface area contributed by atoms with E-state index >= 15 is 0 Å². The van der Waals surface area contributed by atoms with Gasteiger partial charge in [0.1, 0.15) is 17.6 Å². The molecule has 0 aliphatic rings. The number of nitrogens with zero attached hydrogens (tertiary/aromatic N) is 2. The van der Waals surface area contributed by atoms with E-state index in [4.69, 9.17) is 21.4 Å². The number of rotatable bonds is 8. The quantitative estimate of drug-likeness (QED) is 0.720. The van der Waals surface area contributed by atoms with Crippen molar-refractivity contribution in [1.29, 1.82) is 0 Å². The number of aliphatic hydroxyl groups is 1. The summed E-state index contributed by atoms with van der Waals surface area (Å²) in [4.78, 5) is 8.49. The van der Waals surface area contributed by atoms with Gasteiger partial charge in [-0.05, 0) is 26.7 Å². The van der Waals surface area contributed by atoms with E-state index in [1.807, 2.05) is 13.8 Å². The minimum Gasteiger partial charge on any atom is -0.396 e. The Morgan fingerprint density at radius 2 is 2.16 bits per heavy atom. The smallest absolute Gasteiger partial charge is 0.158 e. The molecule has 2 N–H and O–H groups in total. The van der Waals surface area contributed by atoms with Crippen molar-refractivity contribution < 1.29 is 9.84 Å². The van der Waals surface area contributed by atoms with E-state index in [0.29, 0.717) is 36.4 Å². The standard InChI is InChI=1S/C13H22ClN3O2/c1-4-13(3,6-7-18)17-11-8-10(14)15-12(16-11)9-19-5-2/h8,18H,4-7,9H2,1-3H3,(H,15,16,17). The fraction of sp³-hybridized carbons (Fsp3) is 0.692. The van der Waals surface area contributed by atoms with Crippen LogP contribution in [0.15, 0.2) is 6.07 Å². The van der Waals surface area contributed by atoms with Crippen molar-refractivity contribution >= 4 is 17.4 Å². The van der Waals surface area contributed by atoms with E-state index in [0.717, 1.165) is 6.42 Å². The van der Waals surface area contributed by atoms with E-state index in [1.54, 1.807) is 6.07 Å². The Bertz CT molecular complexity index is 403. The number of aliphatic hydroxyl groups excluding tert-OH is 1. The highest BCUT2D eigenvalue weighted by atomic mass is 35.5. The van der Waals surface area contributed by atoms with Gasteiger partial charge in [-0.15, -0.1) is 0 Å². The van der Waals surface area contributed by atoms with Crippen molar-refractivity contribution in [2.75, 3.05) is 18.5 Å². The predicted molar refractivity (Wildman–Crippen MR) is 76.4 cm³/mol.